The maximum atomic E-state index is 13.8. The number of halogens is 2. The van der Waals surface area contributed by atoms with Crippen molar-refractivity contribution in [3.8, 4) is 5.75 Å². The number of carbonyl (C=O) groups is 2. The van der Waals surface area contributed by atoms with Crippen LogP contribution in [-0.2, 0) is 11.4 Å². The van der Waals surface area contributed by atoms with Crippen molar-refractivity contribution in [2.75, 3.05) is 5.32 Å². The summed E-state index contributed by atoms with van der Waals surface area (Å²) < 4.78 is 33.0. The van der Waals surface area contributed by atoms with Crippen LogP contribution < -0.4 is 15.8 Å². The number of anilines is 1. The van der Waals surface area contributed by atoms with E-state index in [4.69, 9.17) is 10.5 Å². The zero-order chi connectivity index (χ0) is 21.5. The number of primary amides is 1. The average molecular weight is 409 g/mol. The molecule has 0 aliphatic rings. The van der Waals surface area contributed by atoms with Gasteiger partial charge in [-0.3, -0.25) is 14.6 Å². The van der Waals surface area contributed by atoms with E-state index in [9.17, 15) is 18.4 Å². The topological polar surface area (TPSA) is 94.3 Å². The van der Waals surface area contributed by atoms with E-state index >= 15 is 0 Å². The second kappa shape index (κ2) is 9.42. The number of benzene rings is 2. The highest BCUT2D eigenvalue weighted by molar-refractivity contribution is 6.03. The third-order valence-electron chi connectivity index (χ3n) is 4.02. The van der Waals surface area contributed by atoms with E-state index < -0.39 is 29.0 Å². The van der Waals surface area contributed by atoms with Gasteiger partial charge in [0.2, 0.25) is 5.91 Å². The Labute approximate surface area is 171 Å². The first-order valence-electron chi connectivity index (χ1n) is 8.82. The first kappa shape index (κ1) is 20.7. The third kappa shape index (κ3) is 5.48. The smallest absolute Gasteiger partial charge is 0.251 e. The number of pyridine rings is 1. The number of hydrogen-bond acceptors (Lipinski definition) is 4. The number of amides is 2. The summed E-state index contributed by atoms with van der Waals surface area (Å²) in [6.07, 6.45) is 6.09. The average Bonchev–Trinajstić information content (AvgIpc) is 2.74. The largest absolute Gasteiger partial charge is 0.489 e. The highest BCUT2D eigenvalue weighted by Gasteiger charge is 2.14. The Kier molecular flexibility index (Phi) is 6.49. The predicted octanol–water partition coefficient (Wildman–Crippen LogP) is 3.69. The van der Waals surface area contributed by atoms with Crippen molar-refractivity contribution < 1.29 is 23.1 Å². The fraction of sp³-hybridized carbons (Fsp3) is 0.0455. The molecule has 0 aliphatic carbocycles. The van der Waals surface area contributed by atoms with Gasteiger partial charge in [-0.25, -0.2) is 8.78 Å². The number of rotatable bonds is 7. The Hall–Kier alpha value is -4.07. The fourth-order valence-electron chi connectivity index (χ4n) is 2.51. The van der Waals surface area contributed by atoms with Crippen LogP contribution in [0.15, 0.2) is 67.0 Å². The van der Waals surface area contributed by atoms with Crippen molar-refractivity contribution in [2.24, 2.45) is 5.73 Å². The summed E-state index contributed by atoms with van der Waals surface area (Å²) in [5, 5.41) is 2.25. The molecule has 3 N–H and O–H groups in total. The quantitative estimate of drug-likeness (QED) is 0.582. The molecule has 30 heavy (non-hydrogen) atoms. The van der Waals surface area contributed by atoms with Gasteiger partial charge in [-0.15, -0.1) is 0 Å². The lowest BCUT2D eigenvalue weighted by atomic mass is 10.1. The Balaban J connectivity index is 1.60. The molecule has 0 spiro atoms. The number of carbonyl (C=O) groups excluding carboxylic acids is 2. The zero-order valence-corrected chi connectivity index (χ0v) is 15.6. The van der Waals surface area contributed by atoms with E-state index in [2.05, 4.69) is 10.3 Å². The summed E-state index contributed by atoms with van der Waals surface area (Å²) in [6.45, 7) is 0.377. The van der Waals surface area contributed by atoms with E-state index in [1.165, 1.54) is 12.2 Å². The number of ether oxygens (including phenoxy) is 1. The molecule has 0 radical (unpaired) electrons. The van der Waals surface area contributed by atoms with Crippen LogP contribution in [0.25, 0.3) is 6.08 Å². The van der Waals surface area contributed by atoms with Crippen LogP contribution in [0.3, 0.4) is 0 Å². The molecule has 1 aromatic heterocycles. The minimum Gasteiger partial charge on any atom is -0.489 e. The number of hydrogen-bond donors (Lipinski definition) is 2. The SMILES string of the molecule is NC(=O)c1cc(NC(=O)/C=C/c2ccc(OCc3cccnc3)cc2)c(F)cc1F. The van der Waals surface area contributed by atoms with Gasteiger partial charge in [0.15, 0.2) is 0 Å². The number of nitrogens with zero attached hydrogens (tertiary/aromatic N) is 1. The first-order chi connectivity index (χ1) is 14.4. The fourth-order valence-corrected chi connectivity index (χ4v) is 2.51. The molecule has 2 aromatic carbocycles. The standard InChI is InChI=1S/C22H17F2N3O3/c23-18-11-19(24)20(10-17(18)22(25)29)27-21(28)8-5-14-3-6-16(7-4-14)30-13-15-2-1-9-26-12-15/h1-12H,13H2,(H2,25,29)(H,27,28)/b8-5+. The van der Waals surface area contributed by atoms with E-state index in [0.29, 0.717) is 24.0 Å². The molecule has 0 atom stereocenters. The Bertz CT molecular complexity index is 1080. The molecule has 2 amide bonds. The van der Waals surface area contributed by atoms with Gasteiger partial charge in [0.25, 0.3) is 5.91 Å². The van der Waals surface area contributed by atoms with Crippen LogP contribution in [0.4, 0.5) is 14.5 Å². The van der Waals surface area contributed by atoms with E-state index in [-0.39, 0.29) is 5.69 Å². The molecule has 0 fully saturated rings. The molecular weight excluding hydrogens is 392 g/mol. The summed E-state index contributed by atoms with van der Waals surface area (Å²) in [6, 6.07) is 12.0. The first-order valence-corrected chi connectivity index (χ1v) is 8.82. The van der Waals surface area contributed by atoms with Crippen LogP contribution in [0.1, 0.15) is 21.5 Å². The number of aromatic nitrogens is 1. The van der Waals surface area contributed by atoms with Gasteiger partial charge in [0.05, 0.1) is 11.3 Å². The lowest BCUT2D eigenvalue weighted by Crippen LogP contribution is -2.16. The van der Waals surface area contributed by atoms with Crippen LogP contribution in [0.2, 0.25) is 0 Å². The Morgan fingerprint density at radius 1 is 1.10 bits per heavy atom. The molecule has 0 unspecified atom stereocenters. The van der Waals surface area contributed by atoms with Gasteiger partial charge >= 0.3 is 0 Å². The normalized spacial score (nSPS) is 10.7. The summed E-state index contributed by atoms with van der Waals surface area (Å²) in [5.74, 6) is -3.20. The van der Waals surface area contributed by atoms with E-state index in [1.54, 1.807) is 36.7 Å². The minimum atomic E-state index is -1.10. The summed E-state index contributed by atoms with van der Waals surface area (Å²) in [7, 11) is 0. The van der Waals surface area contributed by atoms with Gasteiger partial charge in [-0.05, 0) is 35.9 Å². The predicted molar refractivity (Wildman–Crippen MR) is 108 cm³/mol. The summed E-state index contributed by atoms with van der Waals surface area (Å²) in [5.41, 5.74) is 5.80. The lowest BCUT2D eigenvalue weighted by molar-refractivity contribution is -0.111. The van der Waals surface area contributed by atoms with Crippen molar-refractivity contribution in [2.45, 2.75) is 6.61 Å². The summed E-state index contributed by atoms with van der Waals surface area (Å²) in [4.78, 5) is 27.2. The lowest BCUT2D eigenvalue weighted by Gasteiger charge is -2.07. The second-order valence-electron chi connectivity index (χ2n) is 6.22. The molecule has 0 saturated carbocycles. The molecule has 152 valence electrons. The molecule has 3 rings (SSSR count). The summed E-state index contributed by atoms with van der Waals surface area (Å²) >= 11 is 0. The van der Waals surface area contributed by atoms with Crippen LogP contribution >= 0.6 is 0 Å². The van der Waals surface area contributed by atoms with Gasteiger partial charge in [-0.1, -0.05) is 18.2 Å². The van der Waals surface area contributed by atoms with Crippen molar-refractivity contribution in [3.05, 3.63) is 95.3 Å². The van der Waals surface area contributed by atoms with E-state index in [1.807, 2.05) is 12.1 Å². The molecule has 0 saturated heterocycles. The van der Waals surface area contributed by atoms with Crippen molar-refractivity contribution >= 4 is 23.6 Å². The van der Waals surface area contributed by atoms with Crippen LogP contribution in [0, 0.1) is 11.6 Å². The molecule has 8 heteroatoms. The van der Waals surface area contributed by atoms with Gasteiger partial charge in [0, 0.05) is 30.1 Å². The van der Waals surface area contributed by atoms with E-state index in [0.717, 1.165) is 11.6 Å². The molecule has 3 aromatic rings. The van der Waals surface area contributed by atoms with Gasteiger partial charge < -0.3 is 15.8 Å². The number of nitrogens with one attached hydrogen (secondary N) is 1. The monoisotopic (exact) mass is 409 g/mol. The molecular formula is C22H17F2N3O3. The molecule has 1 heterocycles. The van der Waals surface area contributed by atoms with Crippen molar-refractivity contribution in [1.82, 2.24) is 4.98 Å². The van der Waals surface area contributed by atoms with Crippen molar-refractivity contribution in [1.29, 1.82) is 0 Å². The maximum Gasteiger partial charge on any atom is 0.251 e. The number of nitrogens with two attached hydrogens (primary N) is 1. The van der Waals surface area contributed by atoms with Gasteiger partial charge in [0.1, 0.15) is 24.0 Å². The zero-order valence-electron chi connectivity index (χ0n) is 15.6. The second-order valence-corrected chi connectivity index (χ2v) is 6.22. The van der Waals surface area contributed by atoms with Crippen molar-refractivity contribution in [3.63, 3.8) is 0 Å². The molecule has 6 nitrogen and oxygen atoms in total. The van der Waals surface area contributed by atoms with Gasteiger partial charge in [-0.2, -0.15) is 0 Å². The third-order valence-corrected chi connectivity index (χ3v) is 4.02. The van der Waals surface area contributed by atoms with Crippen LogP contribution in [-0.4, -0.2) is 16.8 Å². The Morgan fingerprint density at radius 3 is 2.53 bits per heavy atom. The molecule has 0 aliphatic heterocycles. The maximum absolute atomic E-state index is 13.8. The minimum absolute atomic E-state index is 0.348. The molecule has 0 bridgehead atoms. The highest BCUT2D eigenvalue weighted by Crippen LogP contribution is 2.20. The Morgan fingerprint density at radius 2 is 1.87 bits per heavy atom. The van der Waals surface area contributed by atoms with Crippen LogP contribution in [0.5, 0.6) is 5.75 Å². The highest BCUT2D eigenvalue weighted by atomic mass is 19.1.